The van der Waals surface area contributed by atoms with Crippen molar-refractivity contribution in [3.05, 3.63) is 65.1 Å². The minimum Gasteiger partial charge on any atom is -0.496 e. The highest BCUT2D eigenvalue weighted by molar-refractivity contribution is 6.42. The number of H-pyrrole nitrogens is 1. The summed E-state index contributed by atoms with van der Waals surface area (Å²) in [5.74, 6) is -2.32. The molecule has 1 amide bonds. The number of nitrogens with one attached hydrogen (secondary N) is 1. The smallest absolute Gasteiger partial charge is 0.377 e. The van der Waals surface area contributed by atoms with Crippen LogP contribution >= 0.6 is 0 Å². The Bertz CT molecular complexity index is 1180. The van der Waals surface area contributed by atoms with Gasteiger partial charge in [-0.3, -0.25) is 9.59 Å². The van der Waals surface area contributed by atoms with E-state index in [4.69, 9.17) is 9.84 Å². The Balaban J connectivity index is 1.52. The number of ketones is 1. The van der Waals surface area contributed by atoms with Crippen molar-refractivity contribution in [2.75, 3.05) is 20.2 Å². The Morgan fingerprint density at radius 1 is 1.12 bits per heavy atom. The van der Waals surface area contributed by atoms with Crippen LogP contribution in [-0.2, 0) is 11.2 Å². The van der Waals surface area contributed by atoms with Gasteiger partial charge in [0, 0.05) is 36.3 Å². The molecule has 1 aromatic heterocycles. The maximum atomic E-state index is 13.3. The van der Waals surface area contributed by atoms with E-state index in [1.54, 1.807) is 23.1 Å². The monoisotopic (exact) mass is 438 g/mol. The molecule has 0 saturated carbocycles. The van der Waals surface area contributed by atoms with Crippen molar-refractivity contribution in [1.82, 2.24) is 9.88 Å². The van der Waals surface area contributed by atoms with Crippen LogP contribution < -0.4 is 4.74 Å². The number of carbonyl (C=O) groups excluding carboxylic acids is 2. The molecule has 1 saturated heterocycles. The Labute approximate surface area is 183 Å². The minimum atomic E-state index is -1.56. The second-order valence-electron chi connectivity index (χ2n) is 8.00. The van der Waals surface area contributed by atoms with Gasteiger partial charge in [0.2, 0.25) is 0 Å². The van der Waals surface area contributed by atoms with Crippen molar-refractivity contribution in [2.45, 2.75) is 19.3 Å². The summed E-state index contributed by atoms with van der Waals surface area (Å²) in [7, 11) is 1.46. The molecule has 0 spiro atoms. The van der Waals surface area contributed by atoms with Crippen LogP contribution in [0.5, 0.6) is 5.75 Å². The molecule has 0 radical (unpaired) electrons. The summed E-state index contributed by atoms with van der Waals surface area (Å²) in [6.45, 7) is 1.14. The Morgan fingerprint density at radius 3 is 2.44 bits per heavy atom. The predicted octanol–water partition coefficient (Wildman–Crippen LogP) is 3.68. The molecule has 1 fully saturated rings. The largest absolute Gasteiger partial charge is 0.496 e. The second kappa shape index (κ2) is 8.82. The lowest BCUT2D eigenvalue weighted by molar-refractivity contribution is -0.131. The normalized spacial score (nSPS) is 14.5. The highest BCUT2D eigenvalue weighted by Gasteiger charge is 2.27. The number of benzene rings is 2. The van der Waals surface area contributed by atoms with Gasteiger partial charge in [0.05, 0.1) is 18.2 Å². The quantitative estimate of drug-likeness (QED) is 0.452. The summed E-state index contributed by atoms with van der Waals surface area (Å²) < 4.78 is 18.5. The van der Waals surface area contributed by atoms with Crippen molar-refractivity contribution >= 4 is 28.6 Å². The first-order chi connectivity index (χ1) is 15.4. The number of carboxylic acid groups (broad SMARTS) is 1. The average Bonchev–Trinajstić information content (AvgIpc) is 3.22. The van der Waals surface area contributed by atoms with Gasteiger partial charge in [-0.25, -0.2) is 9.18 Å². The van der Waals surface area contributed by atoms with Crippen LogP contribution in [0.1, 0.15) is 39.1 Å². The molecular formula is C24H23FN2O5. The number of fused-ring (bicyclic) bond motifs is 1. The molecule has 2 aromatic carbocycles. The molecule has 2 N–H and O–H groups in total. The molecule has 4 rings (SSSR count). The number of piperidine rings is 1. The van der Waals surface area contributed by atoms with Gasteiger partial charge in [0.15, 0.2) is 0 Å². The van der Waals surface area contributed by atoms with E-state index in [1.165, 1.54) is 31.5 Å². The van der Waals surface area contributed by atoms with Crippen molar-refractivity contribution in [3.8, 4) is 5.75 Å². The standard InChI is InChI=1S/C24H23FN2O5/c1-32-21-12-20-17(19(13-26-20)22(28)24(30)31)11-18(21)23(29)27-8-6-15(7-9-27)10-14-2-4-16(25)5-3-14/h2-5,11-13,15,26H,6-10H2,1H3,(H,30,31). The fraction of sp³-hybridized carbons (Fsp3) is 0.292. The molecule has 2 heterocycles. The van der Waals surface area contributed by atoms with E-state index >= 15 is 0 Å². The van der Waals surface area contributed by atoms with Gasteiger partial charge in [0.1, 0.15) is 11.6 Å². The third kappa shape index (κ3) is 4.21. The summed E-state index contributed by atoms with van der Waals surface area (Å²) in [6, 6.07) is 9.62. The van der Waals surface area contributed by atoms with Gasteiger partial charge in [-0.05, 0) is 48.9 Å². The van der Waals surface area contributed by atoms with Crippen LogP contribution in [0.4, 0.5) is 4.39 Å². The Hall–Kier alpha value is -3.68. The number of likely N-dealkylation sites (tertiary alicyclic amines) is 1. The number of Topliss-reactive ketones (excluding diaryl/α,β-unsaturated/α-hetero) is 1. The van der Waals surface area contributed by atoms with Crippen molar-refractivity contribution in [3.63, 3.8) is 0 Å². The third-order valence-electron chi connectivity index (χ3n) is 6.01. The molecule has 8 heteroatoms. The fourth-order valence-electron chi connectivity index (χ4n) is 4.25. The summed E-state index contributed by atoms with van der Waals surface area (Å²) in [6.07, 6.45) is 3.80. The van der Waals surface area contributed by atoms with E-state index in [9.17, 15) is 18.8 Å². The number of aromatic nitrogens is 1. The summed E-state index contributed by atoms with van der Waals surface area (Å²) in [5.41, 5.74) is 1.88. The predicted molar refractivity (Wildman–Crippen MR) is 116 cm³/mol. The van der Waals surface area contributed by atoms with Crippen molar-refractivity contribution < 1.29 is 28.6 Å². The number of aromatic amines is 1. The lowest BCUT2D eigenvalue weighted by Crippen LogP contribution is -2.39. The Kier molecular flexibility index (Phi) is 5.94. The van der Waals surface area contributed by atoms with E-state index in [2.05, 4.69) is 4.98 Å². The van der Waals surface area contributed by atoms with E-state index in [0.29, 0.717) is 35.7 Å². The number of hydrogen-bond acceptors (Lipinski definition) is 4. The number of rotatable bonds is 6. The molecule has 0 aliphatic carbocycles. The van der Waals surface area contributed by atoms with Gasteiger partial charge in [-0.2, -0.15) is 0 Å². The highest BCUT2D eigenvalue weighted by atomic mass is 19.1. The molecule has 1 aliphatic rings. The number of carboxylic acids is 1. The van der Waals surface area contributed by atoms with Gasteiger partial charge in [-0.15, -0.1) is 0 Å². The zero-order valence-electron chi connectivity index (χ0n) is 17.6. The van der Waals surface area contributed by atoms with Crippen LogP contribution in [0.25, 0.3) is 10.9 Å². The average molecular weight is 438 g/mol. The lowest BCUT2D eigenvalue weighted by atomic mass is 9.90. The first kappa shape index (κ1) is 21.5. The van der Waals surface area contributed by atoms with Crippen LogP contribution in [0, 0.1) is 11.7 Å². The molecule has 32 heavy (non-hydrogen) atoms. The number of halogens is 1. The number of amides is 1. The minimum absolute atomic E-state index is 0.00205. The molecule has 166 valence electrons. The van der Waals surface area contributed by atoms with Crippen LogP contribution in [0.15, 0.2) is 42.6 Å². The Morgan fingerprint density at radius 2 is 1.81 bits per heavy atom. The van der Waals surface area contributed by atoms with Gasteiger partial charge in [0.25, 0.3) is 11.7 Å². The molecule has 7 nitrogen and oxygen atoms in total. The van der Waals surface area contributed by atoms with Crippen molar-refractivity contribution in [1.29, 1.82) is 0 Å². The SMILES string of the molecule is COc1cc2[nH]cc(C(=O)C(=O)O)c2cc1C(=O)N1CCC(Cc2ccc(F)cc2)CC1. The molecular weight excluding hydrogens is 415 g/mol. The molecule has 3 aromatic rings. The van der Waals surface area contributed by atoms with Gasteiger partial charge in [-0.1, -0.05) is 12.1 Å². The first-order valence-electron chi connectivity index (χ1n) is 10.4. The fourth-order valence-corrected chi connectivity index (χ4v) is 4.25. The topological polar surface area (TPSA) is 99.7 Å². The van der Waals surface area contributed by atoms with Crippen LogP contribution in [-0.4, -0.2) is 52.8 Å². The lowest BCUT2D eigenvalue weighted by Gasteiger charge is -2.32. The van der Waals surface area contributed by atoms with Gasteiger partial charge >= 0.3 is 5.97 Å². The molecule has 1 aliphatic heterocycles. The van der Waals surface area contributed by atoms with Crippen LogP contribution in [0.3, 0.4) is 0 Å². The van der Waals surface area contributed by atoms with Crippen molar-refractivity contribution in [2.24, 2.45) is 5.92 Å². The summed E-state index contributed by atoms with van der Waals surface area (Å²) in [4.78, 5) is 41.0. The molecule has 0 atom stereocenters. The van der Waals surface area contributed by atoms with E-state index in [0.717, 1.165) is 24.8 Å². The zero-order chi connectivity index (χ0) is 22.8. The van der Waals surface area contributed by atoms with Gasteiger partial charge < -0.3 is 19.7 Å². The number of nitrogens with zero attached hydrogens (tertiary/aromatic N) is 1. The van der Waals surface area contributed by atoms with E-state index in [-0.39, 0.29) is 22.9 Å². The zero-order valence-corrected chi connectivity index (χ0v) is 17.6. The second-order valence-corrected chi connectivity index (χ2v) is 8.00. The number of hydrogen-bond donors (Lipinski definition) is 2. The maximum Gasteiger partial charge on any atom is 0.377 e. The maximum absolute atomic E-state index is 13.3. The number of aliphatic carboxylic acids is 1. The first-order valence-corrected chi connectivity index (χ1v) is 10.4. The van der Waals surface area contributed by atoms with E-state index in [1.807, 2.05) is 0 Å². The summed E-state index contributed by atoms with van der Waals surface area (Å²) in [5, 5.41) is 9.43. The number of carbonyl (C=O) groups is 3. The number of methoxy groups -OCH3 is 1. The molecule has 0 unspecified atom stereocenters. The van der Waals surface area contributed by atoms with Crippen LogP contribution in [0.2, 0.25) is 0 Å². The third-order valence-corrected chi connectivity index (χ3v) is 6.01. The number of ether oxygens (including phenoxy) is 1. The highest BCUT2D eigenvalue weighted by Crippen LogP contribution is 2.31. The van der Waals surface area contributed by atoms with E-state index < -0.39 is 11.8 Å². The molecule has 0 bridgehead atoms. The summed E-state index contributed by atoms with van der Waals surface area (Å²) >= 11 is 0.